The lowest BCUT2D eigenvalue weighted by Crippen LogP contribution is -2.36. The highest BCUT2D eigenvalue weighted by Gasteiger charge is 2.22. The molecule has 1 aromatic heterocycles. The van der Waals surface area contributed by atoms with Gasteiger partial charge in [0.25, 0.3) is 5.91 Å². The number of hydrogen-bond donors (Lipinski definition) is 0. The Morgan fingerprint density at radius 3 is 2.48 bits per heavy atom. The second kappa shape index (κ2) is 9.74. The number of hydrogen-bond acceptors (Lipinski definition) is 5. The molecule has 0 aliphatic heterocycles. The van der Waals surface area contributed by atoms with E-state index in [2.05, 4.69) is 23.7 Å². The van der Waals surface area contributed by atoms with Crippen molar-refractivity contribution in [2.75, 3.05) is 33.2 Å². The van der Waals surface area contributed by atoms with Gasteiger partial charge in [0, 0.05) is 31.8 Å². The van der Waals surface area contributed by atoms with Crippen molar-refractivity contribution in [3.05, 3.63) is 34.3 Å². The number of carbonyl (C=O) groups is 1. The highest BCUT2D eigenvalue weighted by atomic mass is 127. The van der Waals surface area contributed by atoms with E-state index in [1.807, 2.05) is 0 Å². The second-order valence-electron chi connectivity index (χ2n) is 6.03. The molecule has 0 atom stereocenters. The first-order valence-electron chi connectivity index (χ1n) is 8.55. The summed E-state index contributed by atoms with van der Waals surface area (Å²) in [6, 6.07) is 2.02. The summed E-state index contributed by atoms with van der Waals surface area (Å²) < 4.78 is 33.0. The third kappa shape index (κ3) is 5.14. The number of thiazole rings is 1. The fourth-order valence-corrected chi connectivity index (χ4v) is 3.98. The van der Waals surface area contributed by atoms with E-state index in [-0.39, 0.29) is 22.2 Å². The normalized spacial score (nSPS) is 11.1. The van der Waals surface area contributed by atoms with Crippen LogP contribution in [0.4, 0.5) is 8.78 Å². The van der Waals surface area contributed by atoms with Crippen LogP contribution in [0.5, 0.6) is 5.75 Å². The maximum absolute atomic E-state index is 14.3. The van der Waals surface area contributed by atoms with Crippen molar-refractivity contribution < 1.29 is 16.6 Å². The highest BCUT2D eigenvalue weighted by molar-refractivity contribution is 14.1. The van der Waals surface area contributed by atoms with E-state index in [1.54, 1.807) is 18.9 Å². The molecule has 0 fully saturated rings. The zero-order chi connectivity index (χ0) is 20.1. The second-order valence-corrected chi connectivity index (χ2v) is 7.47. The van der Waals surface area contributed by atoms with Crippen LogP contribution >= 0.6 is 34.3 Å². The molecular weight excluding hydrogens is 487 g/mol. The van der Waals surface area contributed by atoms with Crippen LogP contribution in [0.3, 0.4) is 0 Å². The number of rotatable bonds is 8. The van der Waals surface area contributed by atoms with Crippen LogP contribution in [-0.4, -0.2) is 53.9 Å². The Kier molecular flexibility index (Phi) is 7.92. The summed E-state index contributed by atoms with van der Waals surface area (Å²) in [4.78, 5) is 21.3. The molecule has 0 aliphatic rings. The van der Waals surface area contributed by atoms with Crippen LogP contribution in [0.1, 0.15) is 29.2 Å². The predicted octanol–water partition coefficient (Wildman–Crippen LogP) is 4.54. The van der Waals surface area contributed by atoms with Gasteiger partial charge in [-0.15, -0.1) is 11.3 Å². The van der Waals surface area contributed by atoms with Gasteiger partial charge >= 0.3 is 0 Å². The Morgan fingerprint density at radius 1 is 1.22 bits per heavy atom. The molecule has 1 heterocycles. The van der Waals surface area contributed by atoms with Crippen molar-refractivity contribution >= 4 is 40.2 Å². The summed E-state index contributed by atoms with van der Waals surface area (Å²) in [5.41, 5.74) is 0.520. The Balaban J connectivity index is 2.23. The number of benzene rings is 1. The molecule has 148 valence electrons. The van der Waals surface area contributed by atoms with Crippen LogP contribution in [0.25, 0.3) is 10.6 Å². The van der Waals surface area contributed by atoms with E-state index in [1.165, 1.54) is 23.0 Å². The molecule has 27 heavy (non-hydrogen) atoms. The van der Waals surface area contributed by atoms with E-state index in [0.717, 1.165) is 43.1 Å². The number of likely N-dealkylation sites (N-methyl/N-ethyl adjacent to an activating group) is 2. The fraction of sp³-hybridized carbons (Fsp3) is 0.444. The number of halogens is 3. The molecule has 0 saturated carbocycles. The molecule has 0 unspecified atom stereocenters. The summed E-state index contributed by atoms with van der Waals surface area (Å²) in [5.74, 6) is -1.68. The quantitative estimate of drug-likeness (QED) is 0.491. The Morgan fingerprint density at radius 2 is 1.89 bits per heavy atom. The topological polar surface area (TPSA) is 45.7 Å². The smallest absolute Gasteiger partial charge is 0.265 e. The van der Waals surface area contributed by atoms with E-state index >= 15 is 0 Å². The van der Waals surface area contributed by atoms with Crippen molar-refractivity contribution in [1.82, 2.24) is 14.8 Å². The van der Waals surface area contributed by atoms with E-state index in [9.17, 15) is 13.6 Å². The first-order valence-corrected chi connectivity index (χ1v) is 10.2. The molecule has 0 radical (unpaired) electrons. The standard InChI is InChI=1S/C18H22F2IN3O2S/c1-5-24(6-2)8-7-23(4)18(25)16-11(3)22-17(27-16)12-9-14(20)15(26-21)10-13(12)19/h9-10H,5-8H2,1-4H3. The minimum atomic E-state index is -0.683. The van der Waals surface area contributed by atoms with E-state index in [0.29, 0.717) is 17.1 Å². The van der Waals surface area contributed by atoms with Crippen LogP contribution in [0.15, 0.2) is 12.1 Å². The van der Waals surface area contributed by atoms with Crippen molar-refractivity contribution in [2.24, 2.45) is 0 Å². The summed E-state index contributed by atoms with van der Waals surface area (Å²) in [6.07, 6.45) is 0. The van der Waals surface area contributed by atoms with Gasteiger partial charge in [0.1, 0.15) is 15.7 Å². The molecule has 0 aliphatic carbocycles. The molecule has 1 amide bonds. The maximum Gasteiger partial charge on any atom is 0.265 e. The van der Waals surface area contributed by atoms with E-state index in [4.69, 9.17) is 3.07 Å². The van der Waals surface area contributed by atoms with Gasteiger partial charge in [0.15, 0.2) is 34.6 Å². The average Bonchev–Trinajstić information content (AvgIpc) is 3.04. The van der Waals surface area contributed by atoms with Crippen molar-refractivity contribution in [2.45, 2.75) is 20.8 Å². The Labute approximate surface area is 176 Å². The minimum absolute atomic E-state index is 0.0163. The SMILES string of the molecule is CCN(CC)CCN(C)C(=O)c1sc(-c2cc(F)c(OI)cc2F)nc1C. The van der Waals surface area contributed by atoms with Gasteiger partial charge in [-0.2, -0.15) is 0 Å². The minimum Gasteiger partial charge on any atom is -0.424 e. The van der Waals surface area contributed by atoms with Crippen LogP contribution < -0.4 is 3.07 Å². The number of aryl methyl sites for hydroxylation is 1. The number of nitrogens with zero attached hydrogens (tertiary/aromatic N) is 3. The van der Waals surface area contributed by atoms with Gasteiger partial charge in [0.05, 0.1) is 5.69 Å². The van der Waals surface area contributed by atoms with Crippen LogP contribution in [0.2, 0.25) is 0 Å². The van der Waals surface area contributed by atoms with Gasteiger partial charge in [-0.05, 0) is 26.1 Å². The zero-order valence-corrected chi connectivity index (χ0v) is 18.7. The third-order valence-electron chi connectivity index (χ3n) is 4.32. The lowest BCUT2D eigenvalue weighted by Gasteiger charge is -2.22. The molecule has 5 nitrogen and oxygen atoms in total. The molecule has 2 aromatic rings. The summed E-state index contributed by atoms with van der Waals surface area (Å²) >= 11 is 2.56. The number of aromatic nitrogens is 1. The largest absolute Gasteiger partial charge is 0.424 e. The molecule has 9 heteroatoms. The number of carbonyl (C=O) groups excluding carboxylic acids is 1. The highest BCUT2D eigenvalue weighted by Crippen LogP contribution is 2.34. The number of amides is 1. The van der Waals surface area contributed by atoms with Crippen molar-refractivity contribution in [3.8, 4) is 16.3 Å². The van der Waals surface area contributed by atoms with Gasteiger partial charge in [-0.3, -0.25) is 4.79 Å². The maximum atomic E-state index is 14.3. The fourth-order valence-electron chi connectivity index (χ4n) is 2.57. The molecule has 0 bridgehead atoms. The monoisotopic (exact) mass is 509 g/mol. The summed E-state index contributed by atoms with van der Waals surface area (Å²) in [5, 5.41) is 0.268. The molecular formula is C18H22F2IN3O2S. The molecule has 0 N–H and O–H groups in total. The van der Waals surface area contributed by atoms with Crippen molar-refractivity contribution in [1.29, 1.82) is 0 Å². The van der Waals surface area contributed by atoms with Gasteiger partial charge in [0.2, 0.25) is 0 Å². The lowest BCUT2D eigenvalue weighted by molar-refractivity contribution is 0.0783. The van der Waals surface area contributed by atoms with Gasteiger partial charge in [-0.1, -0.05) is 13.8 Å². The average molecular weight is 509 g/mol. The molecule has 0 spiro atoms. The third-order valence-corrected chi connectivity index (χ3v) is 5.97. The first kappa shape index (κ1) is 22.0. The first-order chi connectivity index (χ1) is 12.8. The van der Waals surface area contributed by atoms with Crippen LogP contribution in [-0.2, 0) is 0 Å². The van der Waals surface area contributed by atoms with E-state index < -0.39 is 11.6 Å². The van der Waals surface area contributed by atoms with Gasteiger partial charge < -0.3 is 12.9 Å². The molecule has 1 aromatic carbocycles. The summed E-state index contributed by atoms with van der Waals surface area (Å²) in [7, 11) is 1.73. The Hall–Kier alpha value is -1.33. The molecule has 2 rings (SSSR count). The molecule has 0 saturated heterocycles. The van der Waals surface area contributed by atoms with Crippen LogP contribution in [0, 0.1) is 18.6 Å². The lowest BCUT2D eigenvalue weighted by atomic mass is 10.2. The van der Waals surface area contributed by atoms with Crippen molar-refractivity contribution in [3.63, 3.8) is 0 Å². The predicted molar refractivity (Wildman–Crippen MR) is 112 cm³/mol. The Bertz CT molecular complexity index is 812. The summed E-state index contributed by atoms with van der Waals surface area (Å²) in [6.45, 7) is 9.05. The van der Waals surface area contributed by atoms with Gasteiger partial charge in [-0.25, -0.2) is 13.8 Å². The zero-order valence-electron chi connectivity index (χ0n) is 15.7.